The fourth-order valence-electron chi connectivity index (χ4n) is 0.855. The van der Waals surface area contributed by atoms with Crippen LogP contribution in [0, 0.1) is 6.92 Å². The summed E-state index contributed by atoms with van der Waals surface area (Å²) < 4.78 is 26.0. The predicted molar refractivity (Wildman–Crippen MR) is 48.3 cm³/mol. The van der Waals surface area contributed by atoms with E-state index in [1.807, 2.05) is 0 Å². The van der Waals surface area contributed by atoms with Crippen molar-refractivity contribution in [3.8, 4) is 11.5 Å². The Labute approximate surface area is 76.9 Å². The van der Waals surface area contributed by atoms with Crippen molar-refractivity contribution < 1.29 is 17.7 Å². The van der Waals surface area contributed by atoms with Gasteiger partial charge in [0.1, 0.15) is 11.5 Å². The van der Waals surface area contributed by atoms with Crippen LogP contribution in [0.1, 0.15) is 5.56 Å². The van der Waals surface area contributed by atoms with Crippen LogP contribution in [0.2, 0.25) is 0 Å². The molecule has 0 saturated carbocycles. The van der Waals surface area contributed by atoms with E-state index in [9.17, 15) is 8.42 Å². The molecule has 0 unspecified atom stereocenters. The molecule has 0 amide bonds. The maximum absolute atomic E-state index is 10.7. The number of hydrogen-bond acceptors (Lipinski definition) is 4. The van der Waals surface area contributed by atoms with Crippen molar-refractivity contribution in [1.29, 1.82) is 0 Å². The van der Waals surface area contributed by atoms with Gasteiger partial charge in [0.2, 0.25) is 0 Å². The standard InChI is InChI=1S/C8H10O4S/c1-6-5-7(3-4-8(6)9)12-13(2,10)11/h3-5,9H,1-2H3. The van der Waals surface area contributed by atoms with E-state index < -0.39 is 10.1 Å². The molecule has 1 aromatic rings. The zero-order valence-electron chi connectivity index (χ0n) is 7.31. The maximum Gasteiger partial charge on any atom is 0.306 e. The van der Waals surface area contributed by atoms with E-state index in [0.717, 1.165) is 6.26 Å². The maximum atomic E-state index is 10.7. The van der Waals surface area contributed by atoms with Gasteiger partial charge in [-0.15, -0.1) is 0 Å². The highest BCUT2D eigenvalue weighted by Crippen LogP contribution is 2.22. The largest absolute Gasteiger partial charge is 0.508 e. The topological polar surface area (TPSA) is 63.6 Å². The lowest BCUT2D eigenvalue weighted by Crippen LogP contribution is -2.05. The number of rotatable bonds is 2. The zero-order chi connectivity index (χ0) is 10.1. The molecule has 72 valence electrons. The van der Waals surface area contributed by atoms with Crippen LogP contribution in [0.25, 0.3) is 0 Å². The molecule has 13 heavy (non-hydrogen) atoms. The zero-order valence-corrected chi connectivity index (χ0v) is 8.13. The molecule has 0 aliphatic rings. The van der Waals surface area contributed by atoms with E-state index in [4.69, 9.17) is 5.11 Å². The van der Waals surface area contributed by atoms with Crippen molar-refractivity contribution in [2.45, 2.75) is 6.92 Å². The van der Waals surface area contributed by atoms with Crippen molar-refractivity contribution in [1.82, 2.24) is 0 Å². The molecular formula is C8H10O4S. The molecule has 0 atom stereocenters. The summed E-state index contributed by atoms with van der Waals surface area (Å²) in [7, 11) is -3.49. The summed E-state index contributed by atoms with van der Waals surface area (Å²) in [6.07, 6.45) is 0.967. The highest BCUT2D eigenvalue weighted by molar-refractivity contribution is 7.86. The molecule has 1 N–H and O–H groups in total. The number of aromatic hydroxyl groups is 1. The van der Waals surface area contributed by atoms with Gasteiger partial charge in [-0.25, -0.2) is 0 Å². The van der Waals surface area contributed by atoms with E-state index in [1.165, 1.54) is 18.2 Å². The Kier molecular flexibility index (Phi) is 2.47. The molecule has 0 radical (unpaired) electrons. The first-order valence-corrected chi connectivity index (χ1v) is 5.39. The molecule has 1 rings (SSSR count). The lowest BCUT2D eigenvalue weighted by Gasteiger charge is -2.04. The minimum absolute atomic E-state index is 0.112. The number of phenols is 1. The highest BCUT2D eigenvalue weighted by Gasteiger charge is 2.05. The van der Waals surface area contributed by atoms with Gasteiger partial charge >= 0.3 is 10.1 Å². The highest BCUT2D eigenvalue weighted by atomic mass is 32.2. The van der Waals surface area contributed by atoms with Gasteiger partial charge in [-0.1, -0.05) is 0 Å². The summed E-state index contributed by atoms with van der Waals surface area (Å²) in [5.74, 6) is 0.318. The van der Waals surface area contributed by atoms with Crippen LogP contribution >= 0.6 is 0 Å². The molecular weight excluding hydrogens is 192 g/mol. The van der Waals surface area contributed by atoms with Crippen LogP contribution in [-0.4, -0.2) is 19.8 Å². The summed E-state index contributed by atoms with van der Waals surface area (Å²) in [6, 6.07) is 4.23. The summed E-state index contributed by atoms with van der Waals surface area (Å²) in [5.41, 5.74) is 0.571. The van der Waals surface area contributed by atoms with E-state index in [-0.39, 0.29) is 11.5 Å². The van der Waals surface area contributed by atoms with Gasteiger partial charge in [0.15, 0.2) is 0 Å². The van der Waals surface area contributed by atoms with Gasteiger partial charge in [-0.3, -0.25) is 0 Å². The fraction of sp³-hybridized carbons (Fsp3) is 0.250. The van der Waals surface area contributed by atoms with Crippen LogP contribution in [0.15, 0.2) is 18.2 Å². The van der Waals surface area contributed by atoms with E-state index >= 15 is 0 Å². The Morgan fingerprint density at radius 1 is 1.38 bits per heavy atom. The van der Waals surface area contributed by atoms with Crippen LogP contribution in [0.5, 0.6) is 11.5 Å². The van der Waals surface area contributed by atoms with Crippen LogP contribution < -0.4 is 4.18 Å². The van der Waals surface area contributed by atoms with Crippen LogP contribution in [0.3, 0.4) is 0 Å². The molecule has 0 saturated heterocycles. The number of aryl methyl sites for hydroxylation is 1. The molecule has 4 nitrogen and oxygen atoms in total. The Morgan fingerprint density at radius 3 is 2.46 bits per heavy atom. The van der Waals surface area contributed by atoms with Crippen molar-refractivity contribution in [3.63, 3.8) is 0 Å². The molecule has 0 heterocycles. The number of benzene rings is 1. The first-order chi connectivity index (χ1) is 5.88. The molecule has 0 bridgehead atoms. The molecule has 0 aliphatic heterocycles. The smallest absolute Gasteiger partial charge is 0.306 e. The first kappa shape index (κ1) is 9.85. The third kappa shape index (κ3) is 2.95. The minimum atomic E-state index is -3.49. The summed E-state index contributed by atoms with van der Waals surface area (Å²) in [6.45, 7) is 1.66. The molecule has 5 heteroatoms. The summed E-state index contributed by atoms with van der Waals surface area (Å²) in [4.78, 5) is 0. The van der Waals surface area contributed by atoms with Gasteiger partial charge in [0, 0.05) is 0 Å². The lowest BCUT2D eigenvalue weighted by molar-refractivity contribution is 0.466. The SMILES string of the molecule is Cc1cc(OS(C)(=O)=O)ccc1O. The van der Waals surface area contributed by atoms with Gasteiger partial charge in [-0.2, -0.15) is 8.42 Å². The van der Waals surface area contributed by atoms with Gasteiger partial charge in [-0.05, 0) is 30.7 Å². The van der Waals surface area contributed by atoms with Crippen molar-refractivity contribution in [2.24, 2.45) is 0 Å². The van der Waals surface area contributed by atoms with Crippen molar-refractivity contribution in [2.75, 3.05) is 6.26 Å². The second kappa shape index (κ2) is 3.26. The quantitative estimate of drug-likeness (QED) is 0.728. The Bertz CT molecular complexity index is 408. The van der Waals surface area contributed by atoms with Crippen molar-refractivity contribution in [3.05, 3.63) is 23.8 Å². The fourth-order valence-corrected chi connectivity index (χ4v) is 1.31. The molecule has 1 aromatic carbocycles. The van der Waals surface area contributed by atoms with Gasteiger partial charge in [0.25, 0.3) is 0 Å². The third-order valence-corrected chi connectivity index (χ3v) is 1.91. The number of hydrogen-bond donors (Lipinski definition) is 1. The average molecular weight is 202 g/mol. The second-order valence-electron chi connectivity index (χ2n) is 2.74. The lowest BCUT2D eigenvalue weighted by atomic mass is 10.2. The van der Waals surface area contributed by atoms with E-state index in [2.05, 4.69) is 4.18 Å². The Balaban J connectivity index is 2.99. The van der Waals surface area contributed by atoms with Crippen LogP contribution in [-0.2, 0) is 10.1 Å². The second-order valence-corrected chi connectivity index (χ2v) is 4.31. The Hall–Kier alpha value is -1.23. The normalized spacial score (nSPS) is 11.2. The summed E-state index contributed by atoms with van der Waals surface area (Å²) >= 11 is 0. The molecule has 0 aromatic heterocycles. The Morgan fingerprint density at radius 2 is 2.00 bits per heavy atom. The van der Waals surface area contributed by atoms with Crippen molar-refractivity contribution >= 4 is 10.1 Å². The molecule has 0 spiro atoms. The van der Waals surface area contributed by atoms with Gasteiger partial charge < -0.3 is 9.29 Å². The molecule has 0 aliphatic carbocycles. The van der Waals surface area contributed by atoms with Crippen LogP contribution in [0.4, 0.5) is 0 Å². The monoisotopic (exact) mass is 202 g/mol. The van der Waals surface area contributed by atoms with Gasteiger partial charge in [0.05, 0.1) is 6.26 Å². The molecule has 0 fully saturated rings. The summed E-state index contributed by atoms with van der Waals surface area (Å²) in [5, 5.41) is 9.14. The first-order valence-electron chi connectivity index (χ1n) is 3.57. The predicted octanol–water partition coefficient (Wildman–Crippen LogP) is 1.04. The third-order valence-electron chi connectivity index (χ3n) is 1.42. The average Bonchev–Trinajstić information content (AvgIpc) is 1.94. The minimum Gasteiger partial charge on any atom is -0.508 e. The number of phenolic OH excluding ortho intramolecular Hbond substituents is 1. The van der Waals surface area contributed by atoms with E-state index in [1.54, 1.807) is 6.92 Å². The van der Waals surface area contributed by atoms with E-state index in [0.29, 0.717) is 5.56 Å².